The fourth-order valence-electron chi connectivity index (χ4n) is 3.06. The van der Waals surface area contributed by atoms with E-state index in [0.717, 1.165) is 36.9 Å². The summed E-state index contributed by atoms with van der Waals surface area (Å²) in [5.41, 5.74) is 7.73. The van der Waals surface area contributed by atoms with Crippen molar-refractivity contribution in [3.8, 4) is 0 Å². The number of anilines is 1. The minimum absolute atomic E-state index is 0.132. The Kier molecular flexibility index (Phi) is 3.68. The number of nitrogen functional groups attached to an aromatic ring is 1. The largest absolute Gasteiger partial charge is 0.395 e. The summed E-state index contributed by atoms with van der Waals surface area (Å²) in [6.07, 6.45) is 7.16. The molecule has 5 nitrogen and oxygen atoms in total. The number of H-pyrrole nitrogens is 1. The second-order valence-corrected chi connectivity index (χ2v) is 6.26. The second kappa shape index (κ2) is 5.46. The summed E-state index contributed by atoms with van der Waals surface area (Å²) >= 11 is 0. The lowest BCUT2D eigenvalue weighted by atomic mass is 9.98. The van der Waals surface area contributed by atoms with Gasteiger partial charge in [0.1, 0.15) is 0 Å². The number of rotatable bonds is 7. The van der Waals surface area contributed by atoms with E-state index in [0.29, 0.717) is 17.3 Å². The first-order valence-corrected chi connectivity index (χ1v) is 7.81. The maximum absolute atomic E-state index is 12.2. The van der Waals surface area contributed by atoms with Crippen molar-refractivity contribution in [2.45, 2.75) is 45.4 Å². The van der Waals surface area contributed by atoms with E-state index < -0.39 is 0 Å². The van der Waals surface area contributed by atoms with Crippen LogP contribution in [0.25, 0.3) is 0 Å². The minimum atomic E-state index is -0.132. The fraction of sp³-hybridized carbons (Fsp3) is 0.733. The van der Waals surface area contributed by atoms with Crippen LogP contribution in [0.15, 0.2) is 0 Å². The molecule has 1 aromatic heterocycles. The molecule has 110 valence electrons. The molecule has 1 heterocycles. The van der Waals surface area contributed by atoms with Crippen LogP contribution in [0.1, 0.15) is 55.2 Å². The van der Waals surface area contributed by atoms with E-state index in [2.05, 4.69) is 22.4 Å². The van der Waals surface area contributed by atoms with E-state index in [4.69, 9.17) is 5.73 Å². The van der Waals surface area contributed by atoms with Gasteiger partial charge >= 0.3 is 0 Å². The van der Waals surface area contributed by atoms with E-state index in [9.17, 15) is 4.79 Å². The number of nitrogens with two attached hydrogens (primary N) is 1. The van der Waals surface area contributed by atoms with Gasteiger partial charge in [-0.25, -0.2) is 0 Å². The number of nitrogens with zero attached hydrogens (tertiary/aromatic N) is 1. The first-order valence-electron chi connectivity index (χ1n) is 7.81. The van der Waals surface area contributed by atoms with Gasteiger partial charge in [0.25, 0.3) is 5.91 Å². The molecule has 0 radical (unpaired) electrons. The quantitative estimate of drug-likeness (QED) is 0.713. The molecule has 0 atom stereocenters. The summed E-state index contributed by atoms with van der Waals surface area (Å²) in [6, 6.07) is 0. The molecule has 0 saturated heterocycles. The van der Waals surface area contributed by atoms with Gasteiger partial charge in [-0.2, -0.15) is 5.10 Å². The summed E-state index contributed by atoms with van der Waals surface area (Å²) in [7, 11) is 0. The van der Waals surface area contributed by atoms with E-state index in [1.807, 2.05) is 0 Å². The number of hydrogen-bond acceptors (Lipinski definition) is 3. The minimum Gasteiger partial charge on any atom is -0.395 e. The van der Waals surface area contributed by atoms with Crippen molar-refractivity contribution in [1.82, 2.24) is 15.5 Å². The van der Waals surface area contributed by atoms with Crippen molar-refractivity contribution in [2.24, 2.45) is 17.8 Å². The van der Waals surface area contributed by atoms with Gasteiger partial charge in [-0.15, -0.1) is 0 Å². The highest BCUT2D eigenvalue weighted by molar-refractivity contribution is 5.97. The zero-order chi connectivity index (χ0) is 14.1. The molecule has 0 bridgehead atoms. The van der Waals surface area contributed by atoms with Crippen LogP contribution >= 0.6 is 0 Å². The first-order chi connectivity index (χ1) is 9.70. The molecule has 20 heavy (non-hydrogen) atoms. The van der Waals surface area contributed by atoms with Crippen molar-refractivity contribution in [1.29, 1.82) is 0 Å². The number of aromatic nitrogens is 2. The van der Waals surface area contributed by atoms with Gasteiger partial charge in [0, 0.05) is 6.54 Å². The van der Waals surface area contributed by atoms with E-state index in [1.165, 1.54) is 25.7 Å². The van der Waals surface area contributed by atoms with Crippen LogP contribution in [0.5, 0.6) is 0 Å². The van der Waals surface area contributed by atoms with Crippen LogP contribution in [0.4, 0.5) is 5.69 Å². The normalized spacial score (nSPS) is 18.5. The predicted molar refractivity (Wildman–Crippen MR) is 78.3 cm³/mol. The lowest BCUT2D eigenvalue weighted by Gasteiger charge is -2.15. The van der Waals surface area contributed by atoms with Crippen molar-refractivity contribution >= 4 is 11.6 Å². The number of aryl methyl sites for hydroxylation is 1. The molecule has 1 aromatic rings. The number of aromatic amines is 1. The van der Waals surface area contributed by atoms with Crippen LogP contribution in [0.3, 0.4) is 0 Å². The number of carbonyl (C=O) groups is 1. The maximum atomic E-state index is 12.2. The van der Waals surface area contributed by atoms with Crippen LogP contribution in [0.2, 0.25) is 0 Å². The number of hydrogen-bond donors (Lipinski definition) is 3. The Balaban J connectivity index is 1.58. The Morgan fingerprint density at radius 3 is 2.60 bits per heavy atom. The highest BCUT2D eigenvalue weighted by atomic mass is 16.1. The Hall–Kier alpha value is -1.52. The van der Waals surface area contributed by atoms with Crippen molar-refractivity contribution in [3.63, 3.8) is 0 Å². The van der Waals surface area contributed by atoms with Crippen LogP contribution < -0.4 is 11.1 Å². The molecule has 0 aromatic carbocycles. The third-order valence-corrected chi connectivity index (χ3v) is 4.55. The van der Waals surface area contributed by atoms with Gasteiger partial charge in [-0.1, -0.05) is 13.3 Å². The topological polar surface area (TPSA) is 83.8 Å². The summed E-state index contributed by atoms with van der Waals surface area (Å²) < 4.78 is 0. The lowest BCUT2D eigenvalue weighted by Crippen LogP contribution is -2.31. The summed E-state index contributed by atoms with van der Waals surface area (Å²) in [5.74, 6) is 2.23. The fourth-order valence-corrected chi connectivity index (χ4v) is 3.06. The average Bonchev–Trinajstić information content (AvgIpc) is 3.32. The SMILES string of the molecule is CCCc1[nH]nc(C(=O)NCC(C2CC2)C2CC2)c1N. The van der Waals surface area contributed by atoms with Crippen LogP contribution in [0, 0.1) is 17.8 Å². The highest BCUT2D eigenvalue weighted by Gasteiger charge is 2.41. The molecule has 2 aliphatic rings. The summed E-state index contributed by atoms with van der Waals surface area (Å²) in [5, 5.41) is 9.99. The Morgan fingerprint density at radius 1 is 1.40 bits per heavy atom. The Morgan fingerprint density at radius 2 is 2.05 bits per heavy atom. The molecule has 0 unspecified atom stereocenters. The van der Waals surface area contributed by atoms with Crippen molar-refractivity contribution in [3.05, 3.63) is 11.4 Å². The molecule has 1 amide bonds. The van der Waals surface area contributed by atoms with Crippen LogP contribution in [-0.2, 0) is 6.42 Å². The molecule has 3 rings (SSSR count). The van der Waals surface area contributed by atoms with Crippen molar-refractivity contribution in [2.75, 3.05) is 12.3 Å². The molecule has 2 fully saturated rings. The highest BCUT2D eigenvalue weighted by Crippen LogP contribution is 2.48. The lowest BCUT2D eigenvalue weighted by molar-refractivity contribution is 0.0939. The molecule has 2 saturated carbocycles. The summed E-state index contributed by atoms with van der Waals surface area (Å²) in [4.78, 5) is 12.2. The predicted octanol–water partition coefficient (Wildman–Crippen LogP) is 2.11. The number of nitrogens with one attached hydrogen (secondary N) is 2. The second-order valence-electron chi connectivity index (χ2n) is 6.26. The first kappa shape index (κ1) is 13.5. The zero-order valence-electron chi connectivity index (χ0n) is 12.1. The van der Waals surface area contributed by atoms with Gasteiger partial charge in [-0.05, 0) is 49.9 Å². The maximum Gasteiger partial charge on any atom is 0.273 e. The van der Waals surface area contributed by atoms with Gasteiger partial charge in [-0.3, -0.25) is 9.89 Å². The molecule has 4 N–H and O–H groups in total. The summed E-state index contributed by atoms with van der Waals surface area (Å²) in [6.45, 7) is 2.86. The molecular formula is C15H24N4O. The van der Waals surface area contributed by atoms with Gasteiger partial charge in [0.15, 0.2) is 5.69 Å². The molecular weight excluding hydrogens is 252 g/mol. The smallest absolute Gasteiger partial charge is 0.273 e. The van der Waals surface area contributed by atoms with E-state index in [-0.39, 0.29) is 5.91 Å². The molecule has 2 aliphatic carbocycles. The third-order valence-electron chi connectivity index (χ3n) is 4.55. The van der Waals surface area contributed by atoms with Gasteiger partial charge in [0.2, 0.25) is 0 Å². The number of amides is 1. The zero-order valence-corrected chi connectivity index (χ0v) is 12.1. The average molecular weight is 276 g/mol. The van der Waals surface area contributed by atoms with Crippen molar-refractivity contribution < 1.29 is 4.79 Å². The standard InChI is InChI=1S/C15H24N4O/c1-2-3-12-13(16)14(19-18-12)15(20)17-8-11(9-4-5-9)10-6-7-10/h9-11H,2-8,16H2,1H3,(H,17,20)(H,18,19). The number of carbonyl (C=O) groups excluding carboxylic acids is 1. The monoisotopic (exact) mass is 276 g/mol. The molecule has 0 aliphatic heterocycles. The third kappa shape index (κ3) is 2.81. The molecule has 5 heteroatoms. The van der Waals surface area contributed by atoms with Crippen LogP contribution in [-0.4, -0.2) is 22.6 Å². The van der Waals surface area contributed by atoms with E-state index >= 15 is 0 Å². The van der Waals surface area contributed by atoms with E-state index in [1.54, 1.807) is 0 Å². The Bertz CT molecular complexity index is 476. The van der Waals surface area contributed by atoms with Gasteiger partial charge < -0.3 is 11.1 Å². The Labute approximate surface area is 119 Å². The van der Waals surface area contributed by atoms with Gasteiger partial charge in [0.05, 0.1) is 11.4 Å². The molecule has 0 spiro atoms.